The first-order valence-electron chi connectivity index (χ1n) is 7.69. The highest BCUT2D eigenvalue weighted by atomic mass is 35.5. The molecule has 0 spiro atoms. The summed E-state index contributed by atoms with van der Waals surface area (Å²) >= 11 is 5.79. The van der Waals surface area contributed by atoms with Gasteiger partial charge in [-0.15, -0.1) is 24.8 Å². The summed E-state index contributed by atoms with van der Waals surface area (Å²) < 4.78 is 5.41. The Bertz CT molecular complexity index is 474. The van der Waals surface area contributed by atoms with Gasteiger partial charge in [0, 0.05) is 31.2 Å². The first-order chi connectivity index (χ1) is 10.6. The number of hydrogen-bond donors (Lipinski definition) is 1. The lowest BCUT2D eigenvalue weighted by Gasteiger charge is -2.20. The number of amides is 1. The molecule has 138 valence electrons. The van der Waals surface area contributed by atoms with Gasteiger partial charge in [-0.05, 0) is 50.8 Å². The normalized spacial score (nSPS) is 15.6. The number of carbonyl (C=O) groups excluding carboxylic acids is 1. The molecule has 1 amide bonds. The molecule has 8 heteroatoms. The summed E-state index contributed by atoms with van der Waals surface area (Å²) in [5.74, 6) is 0.553. The molecule has 1 heterocycles. The summed E-state index contributed by atoms with van der Waals surface area (Å²) in [6, 6.07) is 6.99. The molecule has 1 N–H and O–H groups in total. The molecular weight excluding hydrogens is 373 g/mol. The lowest BCUT2D eigenvalue weighted by Crippen LogP contribution is -2.38. The first kappa shape index (κ1) is 23.3. The molecule has 1 saturated heterocycles. The van der Waals surface area contributed by atoms with E-state index in [1.165, 1.54) is 6.42 Å². The molecule has 1 aliphatic rings. The van der Waals surface area contributed by atoms with Crippen LogP contribution in [-0.2, 0) is 4.79 Å². The van der Waals surface area contributed by atoms with Crippen molar-refractivity contribution in [2.24, 2.45) is 0 Å². The van der Waals surface area contributed by atoms with Crippen molar-refractivity contribution in [3.8, 4) is 5.75 Å². The Morgan fingerprint density at radius 1 is 1.17 bits per heavy atom. The standard InChI is InChI=1S/C16H24ClN3O2.2ClH/c1-19-8-2-9-20(12-11-19)10-7-18-16(21)13-22-15-5-3-14(17)4-6-15;;/h3-6H,2,7-13H2,1H3,(H,18,21);2*1H. The van der Waals surface area contributed by atoms with E-state index in [2.05, 4.69) is 22.2 Å². The number of likely N-dealkylation sites (N-methyl/N-ethyl adjacent to an activating group) is 1. The number of hydrogen-bond acceptors (Lipinski definition) is 4. The number of benzene rings is 1. The maximum Gasteiger partial charge on any atom is 0.257 e. The van der Waals surface area contributed by atoms with Gasteiger partial charge < -0.3 is 19.9 Å². The Kier molecular flexibility index (Phi) is 12.2. The molecule has 1 aromatic rings. The molecule has 1 aliphatic heterocycles. The molecular formula is C16H26Cl3N3O2. The third kappa shape index (κ3) is 8.94. The van der Waals surface area contributed by atoms with Gasteiger partial charge in [0.2, 0.25) is 0 Å². The predicted molar refractivity (Wildman–Crippen MR) is 103 cm³/mol. The van der Waals surface area contributed by atoms with Crippen LogP contribution in [0, 0.1) is 0 Å². The molecule has 1 fully saturated rings. The van der Waals surface area contributed by atoms with Gasteiger partial charge in [-0.3, -0.25) is 4.79 Å². The van der Waals surface area contributed by atoms with E-state index in [-0.39, 0.29) is 37.3 Å². The van der Waals surface area contributed by atoms with Gasteiger partial charge in [0.05, 0.1) is 0 Å². The minimum absolute atomic E-state index is 0. The van der Waals surface area contributed by atoms with Crippen molar-refractivity contribution in [1.82, 2.24) is 15.1 Å². The van der Waals surface area contributed by atoms with Gasteiger partial charge in [0.1, 0.15) is 5.75 Å². The zero-order valence-corrected chi connectivity index (χ0v) is 16.3. The van der Waals surface area contributed by atoms with Crippen molar-refractivity contribution >= 4 is 42.3 Å². The second-order valence-electron chi connectivity index (χ2n) is 5.59. The highest BCUT2D eigenvalue weighted by Gasteiger charge is 2.11. The van der Waals surface area contributed by atoms with E-state index in [1.807, 2.05) is 0 Å². The van der Waals surface area contributed by atoms with Crippen LogP contribution in [0.4, 0.5) is 0 Å². The maximum absolute atomic E-state index is 11.8. The fraction of sp³-hybridized carbons (Fsp3) is 0.562. The van der Waals surface area contributed by atoms with Gasteiger partial charge in [-0.2, -0.15) is 0 Å². The van der Waals surface area contributed by atoms with Crippen LogP contribution in [0.3, 0.4) is 0 Å². The number of carbonyl (C=O) groups is 1. The molecule has 2 rings (SSSR count). The lowest BCUT2D eigenvalue weighted by molar-refractivity contribution is -0.123. The molecule has 0 radical (unpaired) electrons. The highest BCUT2D eigenvalue weighted by Crippen LogP contribution is 2.15. The van der Waals surface area contributed by atoms with E-state index >= 15 is 0 Å². The van der Waals surface area contributed by atoms with Crippen molar-refractivity contribution in [2.45, 2.75) is 6.42 Å². The summed E-state index contributed by atoms with van der Waals surface area (Å²) in [6.07, 6.45) is 1.18. The monoisotopic (exact) mass is 397 g/mol. The zero-order valence-electron chi connectivity index (χ0n) is 13.9. The Hall–Kier alpha value is -0.720. The third-order valence-electron chi connectivity index (χ3n) is 3.75. The predicted octanol–water partition coefficient (Wildman–Crippen LogP) is 2.32. The molecule has 0 saturated carbocycles. The minimum Gasteiger partial charge on any atom is -0.484 e. The molecule has 0 aliphatic carbocycles. The van der Waals surface area contributed by atoms with Crippen LogP contribution in [0.1, 0.15) is 6.42 Å². The van der Waals surface area contributed by atoms with Gasteiger partial charge in [0.15, 0.2) is 6.61 Å². The molecule has 5 nitrogen and oxygen atoms in total. The van der Waals surface area contributed by atoms with E-state index in [0.717, 1.165) is 32.7 Å². The summed E-state index contributed by atoms with van der Waals surface area (Å²) in [4.78, 5) is 16.5. The quantitative estimate of drug-likeness (QED) is 0.799. The maximum atomic E-state index is 11.8. The number of nitrogens with one attached hydrogen (secondary N) is 1. The topological polar surface area (TPSA) is 44.8 Å². The van der Waals surface area contributed by atoms with Gasteiger partial charge in [-0.25, -0.2) is 0 Å². The van der Waals surface area contributed by atoms with Crippen LogP contribution in [0.5, 0.6) is 5.75 Å². The van der Waals surface area contributed by atoms with Crippen LogP contribution < -0.4 is 10.1 Å². The van der Waals surface area contributed by atoms with E-state index in [0.29, 0.717) is 17.3 Å². The molecule has 24 heavy (non-hydrogen) atoms. The molecule has 0 aromatic heterocycles. The van der Waals surface area contributed by atoms with E-state index in [9.17, 15) is 4.79 Å². The molecule has 1 aromatic carbocycles. The molecule has 0 unspecified atom stereocenters. The first-order valence-corrected chi connectivity index (χ1v) is 8.07. The molecule has 0 bridgehead atoms. The smallest absolute Gasteiger partial charge is 0.257 e. The van der Waals surface area contributed by atoms with Crippen LogP contribution in [0.15, 0.2) is 24.3 Å². The second kappa shape index (κ2) is 12.6. The van der Waals surface area contributed by atoms with Gasteiger partial charge in [-0.1, -0.05) is 11.6 Å². The van der Waals surface area contributed by atoms with Crippen LogP contribution >= 0.6 is 36.4 Å². The Morgan fingerprint density at radius 2 is 1.88 bits per heavy atom. The Labute approximate surface area is 161 Å². The Morgan fingerprint density at radius 3 is 2.58 bits per heavy atom. The van der Waals surface area contributed by atoms with Crippen molar-refractivity contribution in [3.63, 3.8) is 0 Å². The van der Waals surface area contributed by atoms with Crippen molar-refractivity contribution in [3.05, 3.63) is 29.3 Å². The van der Waals surface area contributed by atoms with Gasteiger partial charge in [0.25, 0.3) is 5.91 Å². The average molecular weight is 399 g/mol. The summed E-state index contributed by atoms with van der Waals surface area (Å²) in [5.41, 5.74) is 0. The zero-order chi connectivity index (χ0) is 15.8. The second-order valence-corrected chi connectivity index (χ2v) is 6.03. The van der Waals surface area contributed by atoms with E-state index < -0.39 is 0 Å². The fourth-order valence-electron chi connectivity index (χ4n) is 2.41. The van der Waals surface area contributed by atoms with Gasteiger partial charge >= 0.3 is 0 Å². The van der Waals surface area contributed by atoms with Crippen molar-refractivity contribution in [2.75, 3.05) is 52.9 Å². The SMILES string of the molecule is CN1CCCN(CCNC(=O)COc2ccc(Cl)cc2)CC1.Cl.Cl. The Balaban J connectivity index is 0.00000264. The average Bonchev–Trinajstić information content (AvgIpc) is 2.71. The summed E-state index contributed by atoms with van der Waals surface area (Å²) in [5, 5.41) is 3.55. The minimum atomic E-state index is -0.0955. The van der Waals surface area contributed by atoms with Crippen molar-refractivity contribution in [1.29, 1.82) is 0 Å². The fourth-order valence-corrected chi connectivity index (χ4v) is 2.53. The number of halogens is 3. The number of nitrogens with zero attached hydrogens (tertiary/aromatic N) is 2. The third-order valence-corrected chi connectivity index (χ3v) is 4.00. The summed E-state index contributed by atoms with van der Waals surface area (Å²) in [6.45, 7) is 5.98. The number of ether oxygens (including phenoxy) is 1. The van der Waals surface area contributed by atoms with E-state index in [4.69, 9.17) is 16.3 Å². The lowest BCUT2D eigenvalue weighted by atomic mass is 10.3. The largest absolute Gasteiger partial charge is 0.484 e. The van der Waals surface area contributed by atoms with Crippen LogP contribution in [-0.4, -0.2) is 68.6 Å². The molecule has 0 atom stereocenters. The van der Waals surface area contributed by atoms with E-state index in [1.54, 1.807) is 24.3 Å². The van der Waals surface area contributed by atoms with Crippen LogP contribution in [0.25, 0.3) is 0 Å². The van der Waals surface area contributed by atoms with Crippen molar-refractivity contribution < 1.29 is 9.53 Å². The summed E-state index contributed by atoms with van der Waals surface area (Å²) in [7, 11) is 2.15. The van der Waals surface area contributed by atoms with Crippen LogP contribution in [0.2, 0.25) is 5.02 Å². The number of rotatable bonds is 6. The highest BCUT2D eigenvalue weighted by molar-refractivity contribution is 6.30.